The molecule has 2 saturated heterocycles. The molecule has 0 bridgehead atoms. The maximum Gasteiger partial charge on any atom is 0.0686 e. The van der Waals surface area contributed by atoms with E-state index in [2.05, 4.69) is 0 Å². The Labute approximate surface area is 116 Å². The Balaban J connectivity index is 1.54. The molecule has 0 aromatic rings. The molecule has 19 heavy (non-hydrogen) atoms. The van der Waals surface area contributed by atoms with Gasteiger partial charge < -0.3 is 14.6 Å². The molecule has 1 N–H and O–H groups in total. The lowest BCUT2D eigenvalue weighted by atomic mass is 9.73. The minimum absolute atomic E-state index is 0.119. The summed E-state index contributed by atoms with van der Waals surface area (Å²) in [5.74, 6) is 1.03. The van der Waals surface area contributed by atoms with E-state index in [-0.39, 0.29) is 11.7 Å². The molecule has 3 unspecified atom stereocenters. The summed E-state index contributed by atoms with van der Waals surface area (Å²) in [6.07, 6.45) is 10.4. The van der Waals surface area contributed by atoms with Crippen LogP contribution in [0.4, 0.5) is 0 Å². The molecular formula is C16H28O3. The van der Waals surface area contributed by atoms with Gasteiger partial charge in [0.25, 0.3) is 0 Å². The molecule has 0 amide bonds. The fraction of sp³-hybridized carbons (Fsp3) is 1.00. The second-order valence-electron chi connectivity index (χ2n) is 6.88. The fourth-order valence-electron chi connectivity index (χ4n) is 4.24. The molecule has 3 rings (SSSR count). The van der Waals surface area contributed by atoms with Crippen molar-refractivity contribution in [2.45, 2.75) is 69.5 Å². The first-order valence-electron chi connectivity index (χ1n) is 8.17. The van der Waals surface area contributed by atoms with Crippen molar-refractivity contribution in [3.05, 3.63) is 0 Å². The second kappa shape index (κ2) is 6.11. The number of hydrogen-bond donors (Lipinski definition) is 1. The van der Waals surface area contributed by atoms with Crippen molar-refractivity contribution in [1.82, 2.24) is 0 Å². The summed E-state index contributed by atoms with van der Waals surface area (Å²) in [4.78, 5) is 0. The van der Waals surface area contributed by atoms with Crippen LogP contribution in [0, 0.1) is 11.8 Å². The highest BCUT2D eigenvalue weighted by Gasteiger charge is 2.40. The van der Waals surface area contributed by atoms with Crippen LogP contribution in [-0.4, -0.2) is 36.6 Å². The van der Waals surface area contributed by atoms with Crippen LogP contribution in [0.15, 0.2) is 0 Å². The molecule has 0 aromatic heterocycles. The molecule has 3 aliphatic rings. The zero-order valence-corrected chi connectivity index (χ0v) is 12.0. The molecule has 3 heteroatoms. The van der Waals surface area contributed by atoms with E-state index >= 15 is 0 Å². The van der Waals surface area contributed by atoms with Gasteiger partial charge in [0.2, 0.25) is 0 Å². The molecule has 0 aromatic carbocycles. The SMILES string of the molecule is OC(CC1CCOC1)C1CCOC2(CCCCC2)C1. The predicted octanol–water partition coefficient (Wildman–Crippen LogP) is 2.90. The molecule has 3 atom stereocenters. The van der Waals surface area contributed by atoms with Crippen LogP contribution in [0.3, 0.4) is 0 Å². The minimum Gasteiger partial charge on any atom is -0.393 e. The van der Waals surface area contributed by atoms with Crippen molar-refractivity contribution in [3.8, 4) is 0 Å². The number of aliphatic hydroxyl groups is 1. The third-order valence-electron chi connectivity index (χ3n) is 5.44. The summed E-state index contributed by atoms with van der Waals surface area (Å²) in [5.41, 5.74) is 0.119. The molecule has 2 heterocycles. The Bertz CT molecular complexity index is 274. The quantitative estimate of drug-likeness (QED) is 0.855. The van der Waals surface area contributed by atoms with Crippen LogP contribution in [0.2, 0.25) is 0 Å². The number of ether oxygens (including phenoxy) is 2. The molecule has 1 saturated carbocycles. The Morgan fingerprint density at radius 3 is 2.68 bits per heavy atom. The maximum absolute atomic E-state index is 10.5. The lowest BCUT2D eigenvalue weighted by molar-refractivity contribution is -0.135. The smallest absolute Gasteiger partial charge is 0.0686 e. The van der Waals surface area contributed by atoms with E-state index in [1.54, 1.807) is 0 Å². The molecule has 3 fully saturated rings. The first kappa shape index (κ1) is 13.8. The summed E-state index contributed by atoms with van der Waals surface area (Å²) in [5, 5.41) is 10.5. The van der Waals surface area contributed by atoms with E-state index in [1.165, 1.54) is 32.1 Å². The molecule has 2 aliphatic heterocycles. The molecule has 1 spiro atoms. The Morgan fingerprint density at radius 1 is 1.11 bits per heavy atom. The van der Waals surface area contributed by atoms with Gasteiger partial charge in [-0.3, -0.25) is 0 Å². The molecule has 3 nitrogen and oxygen atoms in total. The summed E-state index contributed by atoms with van der Waals surface area (Å²) in [6.45, 7) is 2.59. The van der Waals surface area contributed by atoms with Gasteiger partial charge >= 0.3 is 0 Å². The van der Waals surface area contributed by atoms with Gasteiger partial charge in [0.05, 0.1) is 11.7 Å². The zero-order chi connectivity index (χ0) is 13.1. The van der Waals surface area contributed by atoms with Crippen LogP contribution in [0.25, 0.3) is 0 Å². The van der Waals surface area contributed by atoms with E-state index in [0.29, 0.717) is 11.8 Å². The molecule has 0 radical (unpaired) electrons. The van der Waals surface area contributed by atoms with Gasteiger partial charge in [0.15, 0.2) is 0 Å². The summed E-state index contributed by atoms with van der Waals surface area (Å²) < 4.78 is 11.5. The van der Waals surface area contributed by atoms with E-state index in [9.17, 15) is 5.11 Å². The first-order chi connectivity index (χ1) is 9.27. The van der Waals surface area contributed by atoms with Crippen LogP contribution in [0.1, 0.15) is 57.8 Å². The predicted molar refractivity (Wildman–Crippen MR) is 74.0 cm³/mol. The average molecular weight is 268 g/mol. The third-order valence-corrected chi connectivity index (χ3v) is 5.44. The molecule has 110 valence electrons. The normalized spacial score (nSPS) is 36.5. The van der Waals surface area contributed by atoms with Gasteiger partial charge in [0, 0.05) is 19.8 Å². The van der Waals surface area contributed by atoms with Gasteiger partial charge in [-0.15, -0.1) is 0 Å². The number of rotatable bonds is 3. The van der Waals surface area contributed by atoms with Crippen molar-refractivity contribution in [1.29, 1.82) is 0 Å². The van der Waals surface area contributed by atoms with Crippen LogP contribution in [-0.2, 0) is 9.47 Å². The van der Waals surface area contributed by atoms with Gasteiger partial charge in [-0.25, -0.2) is 0 Å². The summed E-state index contributed by atoms with van der Waals surface area (Å²) in [7, 11) is 0. The Kier molecular flexibility index (Phi) is 4.45. The van der Waals surface area contributed by atoms with Gasteiger partial charge in [0.1, 0.15) is 0 Å². The van der Waals surface area contributed by atoms with Gasteiger partial charge in [-0.05, 0) is 50.4 Å². The monoisotopic (exact) mass is 268 g/mol. The third kappa shape index (κ3) is 3.32. The average Bonchev–Trinajstić information content (AvgIpc) is 2.92. The Hall–Kier alpha value is -0.120. The van der Waals surface area contributed by atoms with Crippen molar-refractivity contribution < 1.29 is 14.6 Å². The standard InChI is InChI=1S/C16H28O3/c17-15(10-13-4-8-18-12-13)14-5-9-19-16(11-14)6-2-1-3-7-16/h13-15,17H,1-12H2. The van der Waals surface area contributed by atoms with Crippen LogP contribution in [0.5, 0.6) is 0 Å². The first-order valence-corrected chi connectivity index (χ1v) is 8.17. The van der Waals surface area contributed by atoms with Gasteiger partial charge in [-0.1, -0.05) is 19.3 Å². The van der Waals surface area contributed by atoms with Crippen LogP contribution >= 0.6 is 0 Å². The zero-order valence-electron chi connectivity index (χ0n) is 12.0. The number of aliphatic hydroxyl groups excluding tert-OH is 1. The van der Waals surface area contributed by atoms with E-state index in [4.69, 9.17) is 9.47 Å². The molecule has 1 aliphatic carbocycles. The van der Waals surface area contributed by atoms with Crippen molar-refractivity contribution >= 4 is 0 Å². The highest BCUT2D eigenvalue weighted by atomic mass is 16.5. The minimum atomic E-state index is -0.144. The lowest BCUT2D eigenvalue weighted by Crippen LogP contribution is -2.44. The maximum atomic E-state index is 10.5. The van der Waals surface area contributed by atoms with E-state index in [0.717, 1.165) is 45.5 Å². The van der Waals surface area contributed by atoms with E-state index < -0.39 is 0 Å². The summed E-state index contributed by atoms with van der Waals surface area (Å²) in [6, 6.07) is 0. The Morgan fingerprint density at radius 2 is 1.95 bits per heavy atom. The van der Waals surface area contributed by atoms with E-state index in [1.807, 2.05) is 0 Å². The van der Waals surface area contributed by atoms with Gasteiger partial charge in [-0.2, -0.15) is 0 Å². The van der Waals surface area contributed by atoms with Crippen molar-refractivity contribution in [3.63, 3.8) is 0 Å². The second-order valence-corrected chi connectivity index (χ2v) is 6.88. The summed E-state index contributed by atoms with van der Waals surface area (Å²) >= 11 is 0. The van der Waals surface area contributed by atoms with Crippen LogP contribution < -0.4 is 0 Å². The lowest BCUT2D eigenvalue weighted by Gasteiger charge is -2.45. The molecular weight excluding hydrogens is 240 g/mol. The largest absolute Gasteiger partial charge is 0.393 e. The highest BCUT2D eigenvalue weighted by molar-refractivity contribution is 4.92. The topological polar surface area (TPSA) is 38.7 Å². The highest BCUT2D eigenvalue weighted by Crippen LogP contribution is 2.42. The van der Waals surface area contributed by atoms with Crippen molar-refractivity contribution in [2.24, 2.45) is 11.8 Å². The number of hydrogen-bond acceptors (Lipinski definition) is 3. The van der Waals surface area contributed by atoms with Crippen molar-refractivity contribution in [2.75, 3.05) is 19.8 Å². The fourth-order valence-corrected chi connectivity index (χ4v) is 4.24.